The SMILES string of the molecule is Cc1cc2ccccc2o1.Cc1ccc(-c2nnc(C)o2)cc1. The molecule has 2 aromatic carbocycles. The first kappa shape index (κ1) is 15.0. The zero-order valence-electron chi connectivity index (χ0n) is 13.4. The standard InChI is InChI=1S/C10H10N2O.C9H8O/c1-7-3-5-9(6-4-7)10-12-11-8(2)13-10;1-7-6-8-4-2-3-5-9(8)10-7/h3-6H,1-2H3;2-6H,1H3. The summed E-state index contributed by atoms with van der Waals surface area (Å²) in [5, 5.41) is 8.88. The number of hydrogen-bond acceptors (Lipinski definition) is 4. The molecule has 0 radical (unpaired) electrons. The second-order valence-corrected chi connectivity index (χ2v) is 5.39. The fourth-order valence-corrected chi connectivity index (χ4v) is 2.22. The van der Waals surface area contributed by atoms with Crippen LogP contribution in [-0.4, -0.2) is 10.2 Å². The van der Waals surface area contributed by atoms with Gasteiger partial charge >= 0.3 is 0 Å². The third-order valence-electron chi connectivity index (χ3n) is 3.37. The third-order valence-corrected chi connectivity index (χ3v) is 3.37. The second-order valence-electron chi connectivity index (χ2n) is 5.39. The molecule has 0 bridgehead atoms. The number of para-hydroxylation sites is 1. The van der Waals surface area contributed by atoms with Crippen molar-refractivity contribution >= 4 is 11.0 Å². The molecule has 0 amide bonds. The van der Waals surface area contributed by atoms with Crippen LogP contribution < -0.4 is 0 Å². The number of benzene rings is 2. The Kier molecular flexibility index (Phi) is 4.24. The lowest BCUT2D eigenvalue weighted by molar-refractivity contribution is 0.533. The van der Waals surface area contributed by atoms with Crippen LogP contribution in [0.25, 0.3) is 22.4 Å². The Balaban J connectivity index is 0.000000140. The Labute approximate surface area is 134 Å². The molecule has 116 valence electrons. The molecule has 4 heteroatoms. The first-order valence-corrected chi connectivity index (χ1v) is 7.44. The molecule has 2 heterocycles. The van der Waals surface area contributed by atoms with Crippen molar-refractivity contribution in [3.8, 4) is 11.5 Å². The molecule has 4 aromatic rings. The van der Waals surface area contributed by atoms with Crippen LogP contribution in [0.5, 0.6) is 0 Å². The Hall–Kier alpha value is -2.88. The summed E-state index contributed by atoms with van der Waals surface area (Å²) in [7, 11) is 0. The van der Waals surface area contributed by atoms with Crippen molar-refractivity contribution in [3.05, 3.63) is 71.8 Å². The highest BCUT2D eigenvalue weighted by molar-refractivity contribution is 5.77. The molecular formula is C19H18N2O2. The highest BCUT2D eigenvalue weighted by Crippen LogP contribution is 2.18. The van der Waals surface area contributed by atoms with E-state index in [-0.39, 0.29) is 0 Å². The Bertz CT molecular complexity index is 871. The molecule has 4 rings (SSSR count). The van der Waals surface area contributed by atoms with Crippen molar-refractivity contribution in [1.29, 1.82) is 0 Å². The molecule has 0 N–H and O–H groups in total. The van der Waals surface area contributed by atoms with Gasteiger partial charge in [0.15, 0.2) is 0 Å². The molecule has 23 heavy (non-hydrogen) atoms. The predicted molar refractivity (Wildman–Crippen MR) is 90.2 cm³/mol. The van der Waals surface area contributed by atoms with Gasteiger partial charge in [-0.05, 0) is 38.1 Å². The summed E-state index contributed by atoms with van der Waals surface area (Å²) in [6.07, 6.45) is 0. The highest BCUT2D eigenvalue weighted by atomic mass is 16.4. The number of nitrogens with zero attached hydrogens (tertiary/aromatic N) is 2. The lowest BCUT2D eigenvalue weighted by atomic mass is 10.1. The predicted octanol–water partition coefficient (Wildman–Crippen LogP) is 5.09. The zero-order chi connectivity index (χ0) is 16.2. The fourth-order valence-electron chi connectivity index (χ4n) is 2.22. The third kappa shape index (κ3) is 3.66. The van der Waals surface area contributed by atoms with Crippen LogP contribution in [0.3, 0.4) is 0 Å². The largest absolute Gasteiger partial charge is 0.461 e. The van der Waals surface area contributed by atoms with Gasteiger partial charge in [-0.1, -0.05) is 35.9 Å². The van der Waals surface area contributed by atoms with E-state index in [0.717, 1.165) is 16.9 Å². The van der Waals surface area contributed by atoms with Gasteiger partial charge in [0.25, 0.3) is 0 Å². The minimum absolute atomic E-state index is 0.581. The molecule has 0 saturated carbocycles. The van der Waals surface area contributed by atoms with Crippen molar-refractivity contribution in [2.45, 2.75) is 20.8 Å². The minimum Gasteiger partial charge on any atom is -0.461 e. The first-order valence-electron chi connectivity index (χ1n) is 7.44. The second kappa shape index (κ2) is 6.48. The van der Waals surface area contributed by atoms with Crippen LogP contribution >= 0.6 is 0 Å². The molecule has 0 aliphatic carbocycles. The number of aryl methyl sites for hydroxylation is 3. The summed E-state index contributed by atoms with van der Waals surface area (Å²) in [6.45, 7) is 5.79. The number of hydrogen-bond donors (Lipinski definition) is 0. The van der Waals surface area contributed by atoms with E-state index in [1.165, 1.54) is 10.9 Å². The summed E-state index contributed by atoms with van der Waals surface area (Å²) in [5.41, 5.74) is 3.16. The smallest absolute Gasteiger partial charge is 0.247 e. The van der Waals surface area contributed by atoms with Gasteiger partial charge in [-0.25, -0.2) is 0 Å². The fraction of sp³-hybridized carbons (Fsp3) is 0.158. The molecule has 0 atom stereocenters. The van der Waals surface area contributed by atoms with Gasteiger partial charge in [0.1, 0.15) is 11.3 Å². The molecule has 2 aromatic heterocycles. The van der Waals surface area contributed by atoms with Crippen LogP contribution in [0, 0.1) is 20.8 Å². The molecule has 0 unspecified atom stereocenters. The zero-order valence-corrected chi connectivity index (χ0v) is 13.4. The molecule has 0 aliphatic rings. The maximum Gasteiger partial charge on any atom is 0.247 e. The van der Waals surface area contributed by atoms with Crippen LogP contribution in [0.2, 0.25) is 0 Å². The quantitative estimate of drug-likeness (QED) is 0.491. The summed E-state index contributed by atoms with van der Waals surface area (Å²) >= 11 is 0. The van der Waals surface area contributed by atoms with Crippen molar-refractivity contribution in [2.24, 2.45) is 0 Å². The highest BCUT2D eigenvalue weighted by Gasteiger charge is 2.03. The first-order chi connectivity index (χ1) is 11.1. The number of rotatable bonds is 1. The molecule has 0 spiro atoms. The van der Waals surface area contributed by atoms with E-state index in [1.807, 2.05) is 68.4 Å². The van der Waals surface area contributed by atoms with E-state index >= 15 is 0 Å². The summed E-state index contributed by atoms with van der Waals surface area (Å²) in [6, 6.07) is 18.0. The van der Waals surface area contributed by atoms with Crippen molar-refractivity contribution in [3.63, 3.8) is 0 Å². The summed E-state index contributed by atoms with van der Waals surface area (Å²) in [5.74, 6) is 2.15. The van der Waals surface area contributed by atoms with Crippen molar-refractivity contribution in [1.82, 2.24) is 10.2 Å². The Morgan fingerprint density at radius 3 is 2.17 bits per heavy atom. The van der Waals surface area contributed by atoms with Gasteiger partial charge < -0.3 is 8.83 Å². The minimum atomic E-state index is 0.581. The average Bonchev–Trinajstić information content (AvgIpc) is 3.13. The van der Waals surface area contributed by atoms with E-state index in [0.29, 0.717) is 11.8 Å². The normalized spacial score (nSPS) is 10.4. The monoisotopic (exact) mass is 306 g/mol. The molecular weight excluding hydrogens is 288 g/mol. The maximum absolute atomic E-state index is 5.37. The lowest BCUT2D eigenvalue weighted by Gasteiger charge is -1.94. The van der Waals surface area contributed by atoms with Crippen LogP contribution in [0.1, 0.15) is 17.2 Å². The van der Waals surface area contributed by atoms with E-state index < -0.39 is 0 Å². The van der Waals surface area contributed by atoms with Gasteiger partial charge in [0.2, 0.25) is 11.8 Å². The van der Waals surface area contributed by atoms with E-state index in [1.54, 1.807) is 6.92 Å². The van der Waals surface area contributed by atoms with Gasteiger partial charge in [0.05, 0.1) is 0 Å². The van der Waals surface area contributed by atoms with Gasteiger partial charge in [-0.3, -0.25) is 0 Å². The average molecular weight is 306 g/mol. The van der Waals surface area contributed by atoms with Gasteiger partial charge in [0, 0.05) is 17.9 Å². The maximum atomic E-state index is 5.37. The van der Waals surface area contributed by atoms with E-state index in [9.17, 15) is 0 Å². The Morgan fingerprint density at radius 2 is 1.52 bits per heavy atom. The van der Waals surface area contributed by atoms with E-state index in [2.05, 4.69) is 10.2 Å². The topological polar surface area (TPSA) is 52.1 Å². The van der Waals surface area contributed by atoms with Gasteiger partial charge in [-0.2, -0.15) is 0 Å². The summed E-state index contributed by atoms with van der Waals surface area (Å²) < 4.78 is 10.7. The van der Waals surface area contributed by atoms with Crippen LogP contribution in [-0.2, 0) is 0 Å². The van der Waals surface area contributed by atoms with E-state index in [4.69, 9.17) is 8.83 Å². The Morgan fingerprint density at radius 1 is 0.783 bits per heavy atom. The molecule has 4 nitrogen and oxygen atoms in total. The lowest BCUT2D eigenvalue weighted by Crippen LogP contribution is -1.77. The molecule has 0 fully saturated rings. The van der Waals surface area contributed by atoms with Crippen LogP contribution in [0.15, 0.2) is 63.4 Å². The van der Waals surface area contributed by atoms with Gasteiger partial charge in [-0.15, -0.1) is 10.2 Å². The number of furan rings is 1. The number of aromatic nitrogens is 2. The summed E-state index contributed by atoms with van der Waals surface area (Å²) in [4.78, 5) is 0. The van der Waals surface area contributed by atoms with Crippen LogP contribution in [0.4, 0.5) is 0 Å². The number of fused-ring (bicyclic) bond motifs is 1. The molecule has 0 aliphatic heterocycles. The van der Waals surface area contributed by atoms with Crippen molar-refractivity contribution in [2.75, 3.05) is 0 Å². The van der Waals surface area contributed by atoms with Crippen molar-refractivity contribution < 1.29 is 8.83 Å². The molecule has 0 saturated heterocycles.